The molecule has 0 spiro atoms. The average molecular weight is 376 g/mol. The van der Waals surface area contributed by atoms with Gasteiger partial charge in [-0.05, 0) is 36.8 Å². The van der Waals surface area contributed by atoms with E-state index in [0.717, 1.165) is 12.0 Å². The highest BCUT2D eigenvalue weighted by Gasteiger charge is 2.45. The van der Waals surface area contributed by atoms with E-state index in [1.165, 1.54) is 51.2 Å². The fourth-order valence-corrected chi connectivity index (χ4v) is 3.55. The number of rotatable bonds is 11. The van der Waals surface area contributed by atoms with Gasteiger partial charge in [-0.25, -0.2) is 9.59 Å². The lowest BCUT2D eigenvalue weighted by Gasteiger charge is -2.25. The van der Waals surface area contributed by atoms with E-state index < -0.39 is 11.6 Å². The van der Waals surface area contributed by atoms with Crippen molar-refractivity contribution in [2.75, 3.05) is 13.7 Å². The molecule has 0 radical (unpaired) electrons. The van der Waals surface area contributed by atoms with E-state index in [1.54, 1.807) is 0 Å². The Morgan fingerprint density at radius 1 is 1.07 bits per heavy atom. The number of hydrogen-bond acceptors (Lipinski definition) is 4. The van der Waals surface area contributed by atoms with E-state index >= 15 is 0 Å². The molecular weight excluding hydrogens is 342 g/mol. The largest absolute Gasteiger partial charge is 0.464 e. The van der Waals surface area contributed by atoms with Crippen LogP contribution in [0.1, 0.15) is 69.4 Å². The first kappa shape index (κ1) is 21.3. The Morgan fingerprint density at radius 3 is 2.30 bits per heavy atom. The van der Waals surface area contributed by atoms with Crippen LogP contribution in [0.4, 0.5) is 4.79 Å². The van der Waals surface area contributed by atoms with Gasteiger partial charge in [0.1, 0.15) is 5.54 Å². The van der Waals surface area contributed by atoms with E-state index in [-0.39, 0.29) is 5.97 Å². The molecule has 0 saturated carbocycles. The van der Waals surface area contributed by atoms with Gasteiger partial charge in [-0.3, -0.25) is 0 Å². The molecule has 1 amide bonds. The third-order valence-electron chi connectivity index (χ3n) is 5.36. The van der Waals surface area contributed by atoms with Gasteiger partial charge in [-0.1, -0.05) is 63.3 Å². The van der Waals surface area contributed by atoms with Crippen molar-refractivity contribution in [2.24, 2.45) is 0 Å². The fourth-order valence-electron chi connectivity index (χ4n) is 3.55. The fraction of sp³-hybridized carbons (Fsp3) is 0.636. The molecule has 5 heteroatoms. The lowest BCUT2D eigenvalue weighted by molar-refractivity contribution is -0.143. The molecule has 1 aromatic rings. The molecule has 0 bridgehead atoms. The Balaban J connectivity index is 1.81. The van der Waals surface area contributed by atoms with Gasteiger partial charge < -0.3 is 14.8 Å². The number of carbonyl (C=O) groups is 2. The van der Waals surface area contributed by atoms with Crippen molar-refractivity contribution in [3.63, 3.8) is 0 Å². The van der Waals surface area contributed by atoms with Crippen molar-refractivity contribution < 1.29 is 19.1 Å². The first-order valence-corrected chi connectivity index (χ1v) is 10.2. The number of hydrogen-bond donors (Lipinski definition) is 1. The molecule has 1 fully saturated rings. The topological polar surface area (TPSA) is 64.6 Å². The second-order valence-corrected chi connectivity index (χ2v) is 7.42. The van der Waals surface area contributed by atoms with Gasteiger partial charge in [0.05, 0.1) is 13.7 Å². The zero-order valence-electron chi connectivity index (χ0n) is 16.7. The van der Waals surface area contributed by atoms with Crippen LogP contribution in [0.15, 0.2) is 24.3 Å². The molecule has 27 heavy (non-hydrogen) atoms. The Morgan fingerprint density at radius 2 is 1.70 bits per heavy atom. The zero-order valence-corrected chi connectivity index (χ0v) is 16.7. The average Bonchev–Trinajstić information content (AvgIpc) is 3.04. The number of benzene rings is 1. The molecule has 150 valence electrons. The second-order valence-electron chi connectivity index (χ2n) is 7.42. The molecule has 1 saturated heterocycles. The summed E-state index contributed by atoms with van der Waals surface area (Å²) in [6.07, 6.45) is 10.1. The van der Waals surface area contributed by atoms with Crippen LogP contribution >= 0.6 is 0 Å². The number of carbonyl (C=O) groups excluding carboxylic acids is 2. The Labute approximate surface area is 162 Å². The van der Waals surface area contributed by atoms with Crippen LogP contribution < -0.4 is 5.32 Å². The Kier molecular flexibility index (Phi) is 8.62. The minimum absolute atomic E-state index is 0.333. The van der Waals surface area contributed by atoms with E-state index in [9.17, 15) is 9.59 Å². The summed E-state index contributed by atoms with van der Waals surface area (Å²) in [4.78, 5) is 23.8. The number of methoxy groups -OCH3 is 1. The zero-order chi connectivity index (χ0) is 19.5. The summed E-state index contributed by atoms with van der Waals surface area (Å²) in [5.74, 6) is -0.368. The van der Waals surface area contributed by atoms with Gasteiger partial charge in [0.2, 0.25) is 0 Å². The maximum atomic E-state index is 12.1. The number of alkyl carbamates (subject to hydrolysis) is 1. The molecular formula is C22H33NO4. The van der Waals surface area contributed by atoms with Gasteiger partial charge >= 0.3 is 12.1 Å². The van der Waals surface area contributed by atoms with E-state index in [0.29, 0.717) is 25.9 Å². The number of ether oxygens (including phenoxy) is 2. The van der Waals surface area contributed by atoms with Crippen LogP contribution in [0.25, 0.3) is 0 Å². The Hall–Kier alpha value is -2.04. The quantitative estimate of drug-likeness (QED) is 0.455. The number of aryl methyl sites for hydroxylation is 2. The summed E-state index contributed by atoms with van der Waals surface area (Å²) in [6, 6.07) is 8.60. The standard InChI is InChI=1S/C22H33NO4/c1-3-4-5-6-7-8-9-18-10-12-19(13-11-18)14-15-22(23-21(25)26-2)16-17-27-20(22)24/h10-13H,3-9,14-17H2,1-2H3,(H,23,25). The van der Waals surface area contributed by atoms with Gasteiger partial charge in [0.15, 0.2) is 0 Å². The molecule has 1 heterocycles. The lowest BCUT2D eigenvalue weighted by Crippen LogP contribution is -2.52. The molecule has 1 N–H and O–H groups in total. The van der Waals surface area contributed by atoms with Crippen LogP contribution in [0.2, 0.25) is 0 Å². The smallest absolute Gasteiger partial charge is 0.407 e. The predicted octanol–water partition coefficient (Wildman–Crippen LogP) is 4.56. The maximum absolute atomic E-state index is 12.1. The summed E-state index contributed by atoms with van der Waals surface area (Å²) in [5.41, 5.74) is 1.55. The second kappa shape index (κ2) is 11.0. The number of cyclic esters (lactones) is 1. The molecule has 2 rings (SSSR count). The highest BCUT2D eigenvalue weighted by Crippen LogP contribution is 2.26. The van der Waals surface area contributed by atoms with E-state index in [4.69, 9.17) is 4.74 Å². The van der Waals surface area contributed by atoms with Crippen LogP contribution in [0.5, 0.6) is 0 Å². The van der Waals surface area contributed by atoms with Crippen molar-refractivity contribution in [3.05, 3.63) is 35.4 Å². The normalized spacial score (nSPS) is 19.0. The van der Waals surface area contributed by atoms with Crippen molar-refractivity contribution in [2.45, 2.75) is 76.7 Å². The van der Waals surface area contributed by atoms with Gasteiger partial charge in [0, 0.05) is 6.42 Å². The van der Waals surface area contributed by atoms with Crippen LogP contribution in [-0.2, 0) is 27.1 Å². The third kappa shape index (κ3) is 6.56. The van der Waals surface area contributed by atoms with Crippen LogP contribution in [0, 0.1) is 0 Å². The summed E-state index contributed by atoms with van der Waals surface area (Å²) in [5, 5.41) is 2.69. The third-order valence-corrected chi connectivity index (χ3v) is 5.36. The molecule has 5 nitrogen and oxygen atoms in total. The highest BCUT2D eigenvalue weighted by atomic mass is 16.6. The van der Waals surface area contributed by atoms with Gasteiger partial charge in [0.25, 0.3) is 0 Å². The maximum Gasteiger partial charge on any atom is 0.407 e. The minimum atomic E-state index is -0.968. The summed E-state index contributed by atoms with van der Waals surface area (Å²) >= 11 is 0. The monoisotopic (exact) mass is 375 g/mol. The van der Waals surface area contributed by atoms with Crippen molar-refractivity contribution in [1.82, 2.24) is 5.32 Å². The summed E-state index contributed by atoms with van der Waals surface area (Å²) < 4.78 is 9.76. The van der Waals surface area contributed by atoms with Crippen molar-refractivity contribution in [3.8, 4) is 0 Å². The van der Waals surface area contributed by atoms with Crippen molar-refractivity contribution >= 4 is 12.1 Å². The number of esters is 1. The van der Waals surface area contributed by atoms with E-state index in [2.05, 4.69) is 41.2 Å². The predicted molar refractivity (Wildman–Crippen MR) is 106 cm³/mol. The van der Waals surface area contributed by atoms with Crippen molar-refractivity contribution in [1.29, 1.82) is 0 Å². The van der Waals surface area contributed by atoms with Gasteiger partial charge in [-0.2, -0.15) is 0 Å². The van der Waals surface area contributed by atoms with Crippen LogP contribution in [0.3, 0.4) is 0 Å². The molecule has 0 aromatic heterocycles. The number of nitrogens with one attached hydrogen (secondary N) is 1. The first-order valence-electron chi connectivity index (χ1n) is 10.2. The molecule has 1 aliphatic heterocycles. The van der Waals surface area contributed by atoms with Gasteiger partial charge in [-0.15, -0.1) is 0 Å². The SMILES string of the molecule is CCCCCCCCc1ccc(CCC2(NC(=O)OC)CCOC2=O)cc1. The number of amides is 1. The molecule has 1 unspecified atom stereocenters. The van der Waals surface area contributed by atoms with E-state index in [1.807, 2.05) is 0 Å². The lowest BCUT2D eigenvalue weighted by atomic mass is 9.89. The summed E-state index contributed by atoms with van der Waals surface area (Å²) in [6.45, 7) is 2.57. The highest BCUT2D eigenvalue weighted by molar-refractivity contribution is 5.87. The molecule has 1 atom stereocenters. The first-order chi connectivity index (χ1) is 13.1. The summed E-state index contributed by atoms with van der Waals surface area (Å²) in [7, 11) is 1.30. The molecule has 0 aliphatic carbocycles. The number of unbranched alkanes of at least 4 members (excludes halogenated alkanes) is 5. The molecule has 1 aliphatic rings. The molecule has 1 aromatic carbocycles. The van der Waals surface area contributed by atoms with Crippen LogP contribution in [-0.4, -0.2) is 31.3 Å². The Bertz CT molecular complexity index is 599. The minimum Gasteiger partial charge on any atom is -0.464 e.